The zero-order chi connectivity index (χ0) is 11.7. The molecule has 0 aliphatic carbocycles. The third-order valence-electron chi connectivity index (χ3n) is 2.13. The highest BCUT2D eigenvalue weighted by Gasteiger charge is 2.11. The number of imidazole rings is 1. The van der Waals surface area contributed by atoms with Crippen molar-refractivity contribution < 1.29 is 0 Å². The van der Waals surface area contributed by atoms with Crippen molar-refractivity contribution in [3.63, 3.8) is 0 Å². The van der Waals surface area contributed by atoms with E-state index in [-0.39, 0.29) is 17.8 Å². The van der Waals surface area contributed by atoms with Gasteiger partial charge < -0.3 is 10.3 Å². The first-order valence-corrected chi connectivity index (χ1v) is 4.68. The lowest BCUT2D eigenvalue weighted by molar-refractivity contribution is 0.613. The number of hydrogen-bond donors (Lipinski definition) is 1. The summed E-state index contributed by atoms with van der Waals surface area (Å²) in [5.74, 6) is 0.224. The van der Waals surface area contributed by atoms with E-state index < -0.39 is 0 Å². The van der Waals surface area contributed by atoms with Gasteiger partial charge in [0.1, 0.15) is 5.52 Å². The van der Waals surface area contributed by atoms with Gasteiger partial charge in [-0.2, -0.15) is 0 Å². The van der Waals surface area contributed by atoms with Crippen molar-refractivity contribution >= 4 is 22.9 Å². The number of nitrogens with two attached hydrogens (primary N) is 1. The molecular weight excluding hydrogens is 208 g/mol. The molecule has 8 nitrogen and oxygen atoms in total. The quantitative estimate of drug-likeness (QED) is 0.470. The smallest absolute Gasteiger partial charge is 0.220 e. The van der Waals surface area contributed by atoms with Crippen LogP contribution in [0.5, 0.6) is 0 Å². The van der Waals surface area contributed by atoms with Crippen LogP contribution in [0.3, 0.4) is 0 Å². The molecular formula is C8H10N8. The van der Waals surface area contributed by atoms with Crippen LogP contribution in [0.4, 0.5) is 11.8 Å². The first-order chi connectivity index (χ1) is 7.63. The molecule has 8 heteroatoms. The molecule has 0 unspecified atom stereocenters. The molecule has 16 heavy (non-hydrogen) atoms. The van der Waals surface area contributed by atoms with Crippen molar-refractivity contribution in [3.05, 3.63) is 16.8 Å². The maximum Gasteiger partial charge on any atom is 0.220 e. The SMILES string of the molecule is CC(C)n1cnc2c(N)nc(N=[N+]=[N-])nc21. The standard InChI is InChI=1S/C8H10N8/c1-4(2)16-3-11-5-6(9)12-8(14-15-10)13-7(5)16/h3-4H,1-2H3,(H2,9,12,13). The Kier molecular flexibility index (Phi) is 2.34. The maximum atomic E-state index is 8.33. The molecule has 0 aliphatic heterocycles. The van der Waals surface area contributed by atoms with Gasteiger partial charge in [0.15, 0.2) is 11.5 Å². The van der Waals surface area contributed by atoms with E-state index in [9.17, 15) is 0 Å². The number of hydrogen-bond acceptors (Lipinski definition) is 5. The number of azide groups is 1. The average molecular weight is 218 g/mol. The molecule has 0 fully saturated rings. The lowest BCUT2D eigenvalue weighted by atomic mass is 10.4. The largest absolute Gasteiger partial charge is 0.382 e. The fourth-order valence-electron chi connectivity index (χ4n) is 1.39. The summed E-state index contributed by atoms with van der Waals surface area (Å²) in [5, 5.41) is 3.33. The molecule has 2 aromatic heterocycles. The Balaban J connectivity index is 2.75. The van der Waals surface area contributed by atoms with Crippen molar-refractivity contribution in [1.29, 1.82) is 0 Å². The van der Waals surface area contributed by atoms with Crippen LogP contribution >= 0.6 is 0 Å². The molecule has 2 heterocycles. The normalized spacial score (nSPS) is 10.7. The van der Waals surface area contributed by atoms with E-state index in [1.54, 1.807) is 6.33 Å². The summed E-state index contributed by atoms with van der Waals surface area (Å²) in [6.45, 7) is 3.99. The van der Waals surface area contributed by atoms with Crippen LogP contribution in [-0.4, -0.2) is 19.5 Å². The minimum absolute atomic E-state index is 0.00917. The van der Waals surface area contributed by atoms with Crippen LogP contribution in [0.15, 0.2) is 11.4 Å². The third-order valence-corrected chi connectivity index (χ3v) is 2.13. The molecule has 0 aliphatic rings. The van der Waals surface area contributed by atoms with E-state index >= 15 is 0 Å². The molecule has 0 radical (unpaired) electrons. The minimum atomic E-state index is 0.00917. The summed E-state index contributed by atoms with van der Waals surface area (Å²) in [6, 6.07) is 0.193. The van der Waals surface area contributed by atoms with E-state index in [1.807, 2.05) is 18.4 Å². The van der Waals surface area contributed by atoms with Crippen molar-refractivity contribution in [1.82, 2.24) is 19.5 Å². The van der Waals surface area contributed by atoms with E-state index in [1.165, 1.54) is 0 Å². The number of nitrogens with zero attached hydrogens (tertiary/aromatic N) is 7. The zero-order valence-corrected chi connectivity index (χ0v) is 8.86. The summed E-state index contributed by atoms with van der Waals surface area (Å²) in [7, 11) is 0. The van der Waals surface area contributed by atoms with Crippen LogP contribution < -0.4 is 5.73 Å². The molecule has 0 aromatic carbocycles. The van der Waals surface area contributed by atoms with E-state index in [2.05, 4.69) is 25.0 Å². The fraction of sp³-hybridized carbons (Fsp3) is 0.375. The second-order valence-corrected chi connectivity index (χ2v) is 3.52. The molecule has 2 rings (SSSR count). The van der Waals surface area contributed by atoms with Crippen LogP contribution in [0.1, 0.15) is 19.9 Å². The highest BCUT2D eigenvalue weighted by molar-refractivity contribution is 5.82. The predicted octanol–water partition coefficient (Wildman–Crippen LogP) is 1.93. The molecule has 2 aromatic rings. The van der Waals surface area contributed by atoms with Crippen LogP contribution in [0, 0.1) is 0 Å². The van der Waals surface area contributed by atoms with Crippen molar-refractivity contribution in [2.24, 2.45) is 5.11 Å². The van der Waals surface area contributed by atoms with Gasteiger partial charge in [0.2, 0.25) is 5.95 Å². The average Bonchev–Trinajstić information content (AvgIpc) is 2.62. The number of anilines is 1. The van der Waals surface area contributed by atoms with Crippen LogP contribution in [-0.2, 0) is 0 Å². The summed E-state index contributed by atoms with van der Waals surface area (Å²) >= 11 is 0. The minimum Gasteiger partial charge on any atom is -0.382 e. The Labute approximate surface area is 90.8 Å². The highest BCUT2D eigenvalue weighted by atomic mass is 15.3. The van der Waals surface area contributed by atoms with E-state index in [0.717, 1.165) is 0 Å². The lowest BCUT2D eigenvalue weighted by Crippen LogP contribution is -2.01. The Hall–Kier alpha value is -2.34. The number of fused-ring (bicyclic) bond motifs is 1. The number of rotatable bonds is 2. The first kappa shape index (κ1) is 10.2. The fourth-order valence-corrected chi connectivity index (χ4v) is 1.39. The van der Waals surface area contributed by atoms with Gasteiger partial charge in [-0.15, -0.1) is 0 Å². The topological polar surface area (TPSA) is 118 Å². The van der Waals surface area contributed by atoms with Crippen molar-refractivity contribution in [2.45, 2.75) is 19.9 Å². The van der Waals surface area contributed by atoms with Crippen molar-refractivity contribution in [2.75, 3.05) is 5.73 Å². The summed E-state index contributed by atoms with van der Waals surface area (Å²) in [6.07, 6.45) is 1.64. The molecule has 82 valence electrons. The van der Waals surface area contributed by atoms with Gasteiger partial charge in [-0.25, -0.2) is 15.0 Å². The molecule has 0 spiro atoms. The summed E-state index contributed by atoms with van der Waals surface area (Å²) in [5.41, 5.74) is 15.1. The van der Waals surface area contributed by atoms with Crippen LogP contribution in [0.25, 0.3) is 21.6 Å². The Morgan fingerprint density at radius 1 is 1.50 bits per heavy atom. The second-order valence-electron chi connectivity index (χ2n) is 3.52. The van der Waals surface area contributed by atoms with Gasteiger partial charge in [-0.3, -0.25) is 0 Å². The van der Waals surface area contributed by atoms with Crippen LogP contribution in [0.2, 0.25) is 0 Å². The lowest BCUT2D eigenvalue weighted by Gasteiger charge is -2.07. The monoisotopic (exact) mass is 218 g/mol. The van der Waals surface area contributed by atoms with Gasteiger partial charge in [0, 0.05) is 11.0 Å². The molecule has 0 saturated carbocycles. The third kappa shape index (κ3) is 1.51. The summed E-state index contributed by atoms with van der Waals surface area (Å²) in [4.78, 5) is 14.7. The highest BCUT2D eigenvalue weighted by Crippen LogP contribution is 2.21. The maximum absolute atomic E-state index is 8.33. The predicted molar refractivity (Wildman–Crippen MR) is 58.9 cm³/mol. The first-order valence-electron chi connectivity index (χ1n) is 4.68. The van der Waals surface area contributed by atoms with Gasteiger partial charge in [-0.1, -0.05) is 0 Å². The molecule has 0 saturated heterocycles. The Bertz CT molecular complexity index is 577. The van der Waals surface area contributed by atoms with Gasteiger partial charge in [0.05, 0.1) is 6.33 Å². The molecule has 0 atom stereocenters. The van der Waals surface area contributed by atoms with Gasteiger partial charge in [0.25, 0.3) is 0 Å². The Morgan fingerprint density at radius 3 is 2.88 bits per heavy atom. The molecule has 2 N–H and O–H groups in total. The van der Waals surface area contributed by atoms with Crippen molar-refractivity contribution in [3.8, 4) is 0 Å². The molecule has 0 amide bonds. The Morgan fingerprint density at radius 2 is 2.25 bits per heavy atom. The summed E-state index contributed by atoms with van der Waals surface area (Å²) < 4.78 is 1.84. The van der Waals surface area contributed by atoms with Gasteiger partial charge in [-0.05, 0) is 24.5 Å². The zero-order valence-electron chi connectivity index (χ0n) is 8.86. The molecule has 0 bridgehead atoms. The number of nitrogen functional groups attached to an aromatic ring is 1. The second kappa shape index (κ2) is 3.67. The number of aromatic nitrogens is 4. The van der Waals surface area contributed by atoms with E-state index in [4.69, 9.17) is 11.3 Å². The van der Waals surface area contributed by atoms with Gasteiger partial charge >= 0.3 is 0 Å². The van der Waals surface area contributed by atoms with E-state index in [0.29, 0.717) is 11.2 Å².